The van der Waals surface area contributed by atoms with Gasteiger partial charge in [-0.25, -0.2) is 5.01 Å². The molecule has 6 rings (SSSR count). The van der Waals surface area contributed by atoms with E-state index in [-0.39, 0.29) is 30.2 Å². The molecule has 0 radical (unpaired) electrons. The van der Waals surface area contributed by atoms with Crippen LogP contribution in [-0.4, -0.2) is 50.2 Å². The molecule has 1 aliphatic heterocycles. The summed E-state index contributed by atoms with van der Waals surface area (Å²) in [7, 11) is 1.58. The molecule has 0 fully saturated rings. The number of hydrazone groups is 1. The molecule has 0 bridgehead atoms. The van der Waals surface area contributed by atoms with Gasteiger partial charge in [-0.15, -0.1) is 21.5 Å². The first kappa shape index (κ1) is 31.3. The Hall–Kier alpha value is -4.74. The number of amides is 2. The van der Waals surface area contributed by atoms with E-state index in [4.69, 9.17) is 9.84 Å². The quantitative estimate of drug-likeness (QED) is 0.170. The topological polar surface area (TPSA) is 102 Å². The average Bonchev–Trinajstić information content (AvgIpc) is 3.85. The lowest BCUT2D eigenvalue weighted by atomic mass is 10.00. The summed E-state index contributed by atoms with van der Waals surface area (Å²) in [6.45, 7) is 6.29. The normalized spacial score (nSPS) is 14.3. The Labute approximate surface area is 276 Å². The molecule has 11 heteroatoms. The van der Waals surface area contributed by atoms with E-state index >= 15 is 0 Å². The van der Waals surface area contributed by atoms with E-state index in [2.05, 4.69) is 46.7 Å². The zero-order chi connectivity index (χ0) is 32.2. The molecule has 3 heterocycles. The van der Waals surface area contributed by atoms with Crippen LogP contribution in [-0.2, 0) is 11.3 Å². The Morgan fingerprint density at radius 2 is 1.76 bits per heavy atom. The lowest BCUT2D eigenvalue weighted by Gasteiger charge is -2.22. The van der Waals surface area contributed by atoms with Gasteiger partial charge in [0.15, 0.2) is 11.0 Å². The predicted octanol–water partition coefficient (Wildman–Crippen LogP) is 6.66. The van der Waals surface area contributed by atoms with Crippen molar-refractivity contribution >= 4 is 40.6 Å². The lowest BCUT2D eigenvalue weighted by molar-refractivity contribution is -0.130. The number of nitrogens with zero attached hydrogens (tertiary/aromatic N) is 5. The van der Waals surface area contributed by atoms with Crippen LogP contribution in [0, 0.1) is 20.8 Å². The monoisotopic (exact) mass is 650 g/mol. The summed E-state index contributed by atoms with van der Waals surface area (Å²) >= 11 is 2.93. The Morgan fingerprint density at radius 1 is 0.978 bits per heavy atom. The van der Waals surface area contributed by atoms with Gasteiger partial charge in [0.25, 0.3) is 11.8 Å². The van der Waals surface area contributed by atoms with E-state index in [1.165, 1.54) is 11.8 Å². The molecule has 0 spiro atoms. The van der Waals surface area contributed by atoms with E-state index in [1.54, 1.807) is 47.7 Å². The van der Waals surface area contributed by atoms with Crippen molar-refractivity contribution in [3.05, 3.63) is 123 Å². The number of hydrogen-bond acceptors (Lipinski definition) is 8. The zero-order valence-corrected chi connectivity index (χ0v) is 27.7. The smallest absolute Gasteiger partial charge is 0.253 e. The van der Waals surface area contributed by atoms with Crippen LogP contribution in [0.2, 0.25) is 0 Å². The second-order valence-electron chi connectivity index (χ2n) is 11.0. The highest BCUT2D eigenvalue weighted by Crippen LogP contribution is 2.35. The number of ether oxygens (including phenoxy) is 1. The summed E-state index contributed by atoms with van der Waals surface area (Å²) in [5, 5.41) is 20.9. The number of carbonyl (C=O) groups is 2. The van der Waals surface area contributed by atoms with Gasteiger partial charge in [-0.2, -0.15) is 5.10 Å². The minimum absolute atomic E-state index is 0.116. The van der Waals surface area contributed by atoms with Crippen molar-refractivity contribution in [2.75, 3.05) is 12.9 Å². The summed E-state index contributed by atoms with van der Waals surface area (Å²) in [5.41, 5.74) is 6.69. The third-order valence-electron chi connectivity index (χ3n) is 8.03. The van der Waals surface area contributed by atoms with E-state index in [0.29, 0.717) is 28.7 Å². The van der Waals surface area contributed by atoms with Crippen LogP contribution in [0.5, 0.6) is 5.75 Å². The molecule has 9 nitrogen and oxygen atoms in total. The minimum Gasteiger partial charge on any atom is -0.497 e. The van der Waals surface area contributed by atoms with Gasteiger partial charge in [0.2, 0.25) is 0 Å². The Balaban J connectivity index is 1.25. The molecule has 1 atom stereocenters. The van der Waals surface area contributed by atoms with Gasteiger partial charge in [0, 0.05) is 12.0 Å². The molecule has 3 aromatic carbocycles. The molecule has 2 aromatic heterocycles. The molecule has 0 saturated carbocycles. The Kier molecular flexibility index (Phi) is 9.32. The van der Waals surface area contributed by atoms with Crippen molar-refractivity contribution in [3.63, 3.8) is 0 Å². The molecule has 0 saturated heterocycles. The number of rotatable bonds is 10. The van der Waals surface area contributed by atoms with Gasteiger partial charge < -0.3 is 10.1 Å². The third-order valence-corrected chi connectivity index (χ3v) is 9.87. The van der Waals surface area contributed by atoms with Crippen molar-refractivity contribution in [2.24, 2.45) is 5.10 Å². The number of aryl methyl sites for hydroxylation is 2. The highest BCUT2D eigenvalue weighted by atomic mass is 32.2. The lowest BCUT2D eigenvalue weighted by Crippen LogP contribution is -2.28. The highest BCUT2D eigenvalue weighted by molar-refractivity contribution is 7.99. The van der Waals surface area contributed by atoms with Crippen molar-refractivity contribution in [3.8, 4) is 11.4 Å². The average molecular weight is 651 g/mol. The van der Waals surface area contributed by atoms with Gasteiger partial charge in [-0.3, -0.25) is 14.2 Å². The maximum atomic E-state index is 13.9. The number of nitrogens with one attached hydrogen (secondary N) is 1. The van der Waals surface area contributed by atoms with Crippen LogP contribution >= 0.6 is 23.1 Å². The number of aromatic nitrogens is 3. The van der Waals surface area contributed by atoms with Crippen LogP contribution in [0.1, 0.15) is 55.8 Å². The van der Waals surface area contributed by atoms with Crippen molar-refractivity contribution < 1.29 is 14.3 Å². The van der Waals surface area contributed by atoms with E-state index in [0.717, 1.165) is 38.5 Å². The van der Waals surface area contributed by atoms with Crippen molar-refractivity contribution in [1.29, 1.82) is 0 Å². The molecule has 1 N–H and O–H groups in total. The third kappa shape index (κ3) is 6.61. The standard InChI is InChI=1S/C35H34N6O3S2/c1-22-10-12-25(13-11-22)30-19-28(31-9-6-18-45-31)39-41(30)33(42)21-46-35-38-37-32(40(35)29-8-5-7-23(2)24(29)3)20-36-34(43)26-14-16-27(44-4)17-15-26/h5-18,30H,19-21H2,1-4H3,(H,36,43)/t30-/m1/s1. The number of methoxy groups -OCH3 is 1. The molecule has 234 valence electrons. The second-order valence-corrected chi connectivity index (χ2v) is 12.9. The van der Waals surface area contributed by atoms with Crippen LogP contribution in [0.4, 0.5) is 0 Å². The predicted molar refractivity (Wildman–Crippen MR) is 182 cm³/mol. The van der Waals surface area contributed by atoms with Gasteiger partial charge in [-0.05, 0) is 79.2 Å². The second kappa shape index (κ2) is 13.7. The number of hydrogen-bond donors (Lipinski definition) is 1. The van der Waals surface area contributed by atoms with Crippen molar-refractivity contribution in [1.82, 2.24) is 25.1 Å². The maximum absolute atomic E-state index is 13.9. The number of benzene rings is 3. The first-order valence-electron chi connectivity index (χ1n) is 14.9. The number of carbonyl (C=O) groups excluding carboxylic acids is 2. The molecule has 1 aliphatic rings. The zero-order valence-electron chi connectivity index (χ0n) is 26.1. The van der Waals surface area contributed by atoms with E-state index in [9.17, 15) is 9.59 Å². The Bertz CT molecular complexity index is 1880. The summed E-state index contributed by atoms with van der Waals surface area (Å²) in [6.07, 6.45) is 0.649. The summed E-state index contributed by atoms with van der Waals surface area (Å²) in [6, 6.07) is 25.1. The maximum Gasteiger partial charge on any atom is 0.253 e. The molecule has 2 amide bonds. The molecular formula is C35H34N6O3S2. The molecule has 46 heavy (non-hydrogen) atoms. The molecule has 0 unspecified atom stereocenters. The first-order chi connectivity index (χ1) is 22.3. The fourth-order valence-corrected chi connectivity index (χ4v) is 6.84. The molecular weight excluding hydrogens is 617 g/mol. The SMILES string of the molecule is COc1ccc(C(=O)NCc2nnc(SCC(=O)N3N=C(c4cccs4)C[C@@H]3c3ccc(C)cc3)n2-c2cccc(C)c2C)cc1. The number of thiophene rings is 1. The fourth-order valence-electron chi connectivity index (χ4n) is 5.30. The van der Waals surface area contributed by atoms with Crippen LogP contribution in [0.15, 0.2) is 94.5 Å². The van der Waals surface area contributed by atoms with Crippen LogP contribution in [0.3, 0.4) is 0 Å². The van der Waals surface area contributed by atoms with Gasteiger partial charge >= 0.3 is 0 Å². The van der Waals surface area contributed by atoms with Gasteiger partial charge in [0.05, 0.1) is 41.7 Å². The minimum atomic E-state index is -0.238. The van der Waals surface area contributed by atoms with Crippen molar-refractivity contribution in [2.45, 2.75) is 44.9 Å². The fraction of sp³-hybridized carbons (Fsp3) is 0.229. The van der Waals surface area contributed by atoms with E-state index < -0.39 is 0 Å². The Morgan fingerprint density at radius 3 is 2.48 bits per heavy atom. The van der Waals surface area contributed by atoms with Gasteiger partial charge in [0.1, 0.15) is 5.75 Å². The summed E-state index contributed by atoms with van der Waals surface area (Å²) in [5.74, 6) is 0.993. The first-order valence-corrected chi connectivity index (χ1v) is 16.7. The van der Waals surface area contributed by atoms with Crippen LogP contribution in [0.25, 0.3) is 5.69 Å². The van der Waals surface area contributed by atoms with Gasteiger partial charge in [-0.1, -0.05) is 59.8 Å². The summed E-state index contributed by atoms with van der Waals surface area (Å²) < 4.78 is 7.13. The molecule has 5 aromatic rings. The summed E-state index contributed by atoms with van der Waals surface area (Å²) in [4.78, 5) is 27.9. The number of thioether (sulfide) groups is 1. The highest BCUT2D eigenvalue weighted by Gasteiger charge is 2.33. The largest absolute Gasteiger partial charge is 0.497 e. The van der Waals surface area contributed by atoms with E-state index in [1.807, 2.05) is 54.1 Å². The van der Waals surface area contributed by atoms with Crippen LogP contribution < -0.4 is 10.1 Å². The molecule has 0 aliphatic carbocycles.